The molecule has 0 aliphatic heterocycles. The van der Waals surface area contributed by atoms with Crippen LogP contribution in [0.1, 0.15) is 37.3 Å². The Balaban J connectivity index is 2.92. The molecule has 1 aromatic rings. The van der Waals surface area contributed by atoms with Crippen molar-refractivity contribution >= 4 is 0 Å². The summed E-state index contributed by atoms with van der Waals surface area (Å²) in [6.07, 6.45) is 1.23. The van der Waals surface area contributed by atoms with E-state index in [1.54, 1.807) is 7.11 Å². The van der Waals surface area contributed by atoms with Crippen molar-refractivity contribution < 1.29 is 9.84 Å². The second-order valence-corrected chi connectivity index (χ2v) is 4.46. The standard InChI is InChI=1S/C14H23NO2/c1-4-11-5-6-14(17-3)13(8-11)10(2)7-12(16)9-15/h5-6,8,10,12,16H,4,7,9,15H2,1-3H3. The SMILES string of the molecule is CCc1ccc(OC)c(C(C)CC(O)CN)c1. The van der Waals surface area contributed by atoms with E-state index in [9.17, 15) is 5.11 Å². The van der Waals surface area contributed by atoms with Gasteiger partial charge in [-0.05, 0) is 36.0 Å². The number of benzene rings is 1. The number of ether oxygens (including phenoxy) is 1. The number of methoxy groups -OCH3 is 1. The molecular weight excluding hydrogens is 214 g/mol. The highest BCUT2D eigenvalue weighted by Gasteiger charge is 2.15. The van der Waals surface area contributed by atoms with Crippen LogP contribution in [-0.2, 0) is 6.42 Å². The zero-order valence-electron chi connectivity index (χ0n) is 10.9. The number of hydrogen-bond acceptors (Lipinski definition) is 3. The highest BCUT2D eigenvalue weighted by atomic mass is 16.5. The molecule has 0 amide bonds. The molecule has 0 aliphatic carbocycles. The summed E-state index contributed by atoms with van der Waals surface area (Å²) >= 11 is 0. The minimum atomic E-state index is -0.444. The van der Waals surface area contributed by atoms with E-state index >= 15 is 0 Å². The fraction of sp³-hybridized carbons (Fsp3) is 0.571. The first kappa shape index (κ1) is 14.0. The maximum absolute atomic E-state index is 9.61. The zero-order chi connectivity index (χ0) is 12.8. The lowest BCUT2D eigenvalue weighted by Crippen LogP contribution is -2.21. The second kappa shape index (κ2) is 6.62. The number of aryl methyl sites for hydroxylation is 1. The predicted octanol–water partition coefficient (Wildman–Crippen LogP) is 2.07. The van der Waals surface area contributed by atoms with Crippen LogP contribution < -0.4 is 10.5 Å². The predicted molar refractivity (Wildman–Crippen MR) is 70.5 cm³/mol. The van der Waals surface area contributed by atoms with Gasteiger partial charge in [0.15, 0.2) is 0 Å². The van der Waals surface area contributed by atoms with Gasteiger partial charge in [-0.2, -0.15) is 0 Å². The molecule has 0 spiro atoms. The van der Waals surface area contributed by atoms with Gasteiger partial charge in [-0.1, -0.05) is 26.0 Å². The number of nitrogens with two attached hydrogens (primary N) is 1. The molecule has 2 unspecified atom stereocenters. The molecule has 17 heavy (non-hydrogen) atoms. The van der Waals surface area contributed by atoms with Gasteiger partial charge < -0.3 is 15.6 Å². The van der Waals surface area contributed by atoms with Crippen LogP contribution in [0.2, 0.25) is 0 Å². The van der Waals surface area contributed by atoms with E-state index in [-0.39, 0.29) is 5.92 Å². The third-order valence-electron chi connectivity index (χ3n) is 3.13. The fourth-order valence-electron chi connectivity index (χ4n) is 2.02. The lowest BCUT2D eigenvalue weighted by atomic mass is 9.92. The van der Waals surface area contributed by atoms with Gasteiger partial charge in [-0.15, -0.1) is 0 Å². The van der Waals surface area contributed by atoms with Crippen LogP contribution in [0, 0.1) is 0 Å². The Morgan fingerprint density at radius 2 is 2.12 bits per heavy atom. The summed E-state index contributed by atoms with van der Waals surface area (Å²) in [7, 11) is 1.68. The van der Waals surface area contributed by atoms with Gasteiger partial charge in [0.25, 0.3) is 0 Å². The number of aliphatic hydroxyl groups excluding tert-OH is 1. The Hall–Kier alpha value is -1.06. The van der Waals surface area contributed by atoms with Crippen molar-refractivity contribution in [3.8, 4) is 5.75 Å². The van der Waals surface area contributed by atoms with Crippen molar-refractivity contribution in [2.45, 2.75) is 38.7 Å². The molecule has 1 aromatic carbocycles. The van der Waals surface area contributed by atoms with Crippen molar-refractivity contribution in [1.29, 1.82) is 0 Å². The van der Waals surface area contributed by atoms with Crippen molar-refractivity contribution in [3.63, 3.8) is 0 Å². The van der Waals surface area contributed by atoms with Crippen LogP contribution in [0.15, 0.2) is 18.2 Å². The van der Waals surface area contributed by atoms with Crippen LogP contribution in [0.3, 0.4) is 0 Å². The average molecular weight is 237 g/mol. The first-order valence-corrected chi connectivity index (χ1v) is 6.17. The average Bonchev–Trinajstić information content (AvgIpc) is 2.37. The Morgan fingerprint density at radius 3 is 2.65 bits per heavy atom. The molecule has 3 N–H and O–H groups in total. The third kappa shape index (κ3) is 3.72. The monoisotopic (exact) mass is 237 g/mol. The molecule has 0 radical (unpaired) electrons. The van der Waals surface area contributed by atoms with Gasteiger partial charge in [0.1, 0.15) is 5.75 Å². The minimum absolute atomic E-state index is 0.245. The lowest BCUT2D eigenvalue weighted by Gasteiger charge is -2.19. The Labute approximate surface area is 104 Å². The summed E-state index contributed by atoms with van der Waals surface area (Å²) < 4.78 is 5.37. The quantitative estimate of drug-likeness (QED) is 0.796. The number of aliphatic hydroxyl groups is 1. The van der Waals surface area contributed by atoms with Crippen molar-refractivity contribution in [1.82, 2.24) is 0 Å². The van der Waals surface area contributed by atoms with E-state index in [0.29, 0.717) is 13.0 Å². The molecule has 0 bridgehead atoms. The van der Waals surface area contributed by atoms with E-state index in [1.807, 2.05) is 6.07 Å². The third-order valence-corrected chi connectivity index (χ3v) is 3.13. The lowest BCUT2D eigenvalue weighted by molar-refractivity contribution is 0.164. The first-order chi connectivity index (χ1) is 8.12. The fourth-order valence-corrected chi connectivity index (χ4v) is 2.02. The van der Waals surface area contributed by atoms with E-state index in [0.717, 1.165) is 17.7 Å². The van der Waals surface area contributed by atoms with Crippen molar-refractivity contribution in [3.05, 3.63) is 29.3 Å². The zero-order valence-corrected chi connectivity index (χ0v) is 10.9. The normalized spacial score (nSPS) is 14.4. The molecule has 0 aliphatic rings. The Kier molecular flexibility index (Phi) is 5.45. The molecule has 0 fully saturated rings. The molecule has 96 valence electrons. The van der Waals surface area contributed by atoms with Crippen LogP contribution in [-0.4, -0.2) is 24.9 Å². The summed E-state index contributed by atoms with van der Waals surface area (Å²) in [5, 5.41) is 9.61. The maximum Gasteiger partial charge on any atom is 0.122 e. The summed E-state index contributed by atoms with van der Waals surface area (Å²) in [5.41, 5.74) is 7.88. The highest BCUT2D eigenvalue weighted by Crippen LogP contribution is 2.30. The van der Waals surface area contributed by atoms with E-state index < -0.39 is 6.10 Å². The summed E-state index contributed by atoms with van der Waals surface area (Å²) in [6.45, 7) is 4.53. The van der Waals surface area contributed by atoms with Crippen LogP contribution in [0.4, 0.5) is 0 Å². The largest absolute Gasteiger partial charge is 0.496 e. The van der Waals surface area contributed by atoms with Crippen LogP contribution >= 0.6 is 0 Å². The number of hydrogen-bond donors (Lipinski definition) is 2. The molecule has 2 atom stereocenters. The van der Waals surface area contributed by atoms with E-state index in [1.165, 1.54) is 5.56 Å². The molecule has 3 heteroatoms. The molecule has 0 aromatic heterocycles. The smallest absolute Gasteiger partial charge is 0.122 e. The molecule has 1 rings (SSSR count). The molecule has 3 nitrogen and oxygen atoms in total. The van der Waals surface area contributed by atoms with Crippen LogP contribution in [0.25, 0.3) is 0 Å². The maximum atomic E-state index is 9.61. The van der Waals surface area contributed by atoms with Gasteiger partial charge >= 0.3 is 0 Å². The van der Waals surface area contributed by atoms with Gasteiger partial charge in [-0.3, -0.25) is 0 Å². The summed E-state index contributed by atoms with van der Waals surface area (Å²) in [5.74, 6) is 1.13. The number of rotatable bonds is 6. The van der Waals surface area contributed by atoms with Gasteiger partial charge in [0.05, 0.1) is 13.2 Å². The first-order valence-electron chi connectivity index (χ1n) is 6.17. The molecule has 0 saturated carbocycles. The minimum Gasteiger partial charge on any atom is -0.496 e. The summed E-state index contributed by atoms with van der Waals surface area (Å²) in [6, 6.07) is 6.24. The van der Waals surface area contributed by atoms with Crippen molar-refractivity contribution in [2.24, 2.45) is 5.73 Å². The van der Waals surface area contributed by atoms with Crippen molar-refractivity contribution in [2.75, 3.05) is 13.7 Å². The van der Waals surface area contributed by atoms with Gasteiger partial charge in [0.2, 0.25) is 0 Å². The topological polar surface area (TPSA) is 55.5 Å². The molecule has 0 heterocycles. The van der Waals surface area contributed by atoms with E-state index in [2.05, 4.69) is 26.0 Å². The Morgan fingerprint density at radius 1 is 1.41 bits per heavy atom. The van der Waals surface area contributed by atoms with E-state index in [4.69, 9.17) is 10.5 Å². The Bertz CT molecular complexity index is 352. The summed E-state index contributed by atoms with van der Waals surface area (Å²) in [4.78, 5) is 0. The molecular formula is C14H23NO2. The van der Waals surface area contributed by atoms with Crippen LogP contribution in [0.5, 0.6) is 5.75 Å². The van der Waals surface area contributed by atoms with Gasteiger partial charge in [0, 0.05) is 6.54 Å². The van der Waals surface area contributed by atoms with Gasteiger partial charge in [-0.25, -0.2) is 0 Å². The highest BCUT2D eigenvalue weighted by molar-refractivity contribution is 5.39. The second-order valence-electron chi connectivity index (χ2n) is 4.46. The molecule has 0 saturated heterocycles.